The van der Waals surface area contributed by atoms with Gasteiger partial charge in [0.15, 0.2) is 0 Å². The van der Waals surface area contributed by atoms with Crippen molar-refractivity contribution in [3.05, 3.63) is 0 Å². The van der Waals surface area contributed by atoms with Crippen LogP contribution in [-0.2, 0) is 4.79 Å². The van der Waals surface area contributed by atoms with Gasteiger partial charge in [0.2, 0.25) is 0 Å². The number of carboxylic acids is 1. The molecule has 0 saturated carbocycles. The Morgan fingerprint density at radius 3 is 2.83 bits per heavy atom. The van der Waals surface area contributed by atoms with E-state index in [9.17, 15) is 9.59 Å². The number of hydrogen-bond donors (Lipinski definition) is 3. The number of carbonyl (C=O) groups excluding carboxylic acids is 1. The van der Waals surface area contributed by atoms with Gasteiger partial charge in [-0.25, -0.2) is 4.79 Å². The monoisotopic (exact) mass is 258 g/mol. The summed E-state index contributed by atoms with van der Waals surface area (Å²) in [6.07, 6.45) is 2.69. The molecule has 2 atom stereocenters. The second kappa shape index (κ2) is 7.20. The summed E-state index contributed by atoms with van der Waals surface area (Å²) >= 11 is 0. The van der Waals surface area contributed by atoms with Crippen LogP contribution in [-0.4, -0.2) is 53.4 Å². The van der Waals surface area contributed by atoms with Gasteiger partial charge < -0.3 is 20.4 Å². The number of carbonyl (C=O) groups is 2. The molecular formula is C12H22N2O4. The Kier molecular flexibility index (Phi) is 5.91. The highest BCUT2D eigenvalue weighted by Crippen LogP contribution is 2.19. The Morgan fingerprint density at radius 2 is 2.22 bits per heavy atom. The summed E-state index contributed by atoms with van der Waals surface area (Å²) in [6, 6.07) is -0.203. The van der Waals surface area contributed by atoms with E-state index in [4.69, 9.17) is 10.2 Å². The number of carboxylic acid groups (broad SMARTS) is 1. The summed E-state index contributed by atoms with van der Waals surface area (Å²) in [5, 5.41) is 20.3. The number of nitrogens with zero attached hydrogens (tertiary/aromatic N) is 1. The van der Waals surface area contributed by atoms with Gasteiger partial charge in [0.1, 0.15) is 0 Å². The minimum Gasteiger partial charge on any atom is -0.481 e. The summed E-state index contributed by atoms with van der Waals surface area (Å²) in [7, 11) is 0. The molecule has 2 amide bonds. The maximum absolute atomic E-state index is 11.8. The lowest BCUT2D eigenvalue weighted by Crippen LogP contribution is -2.47. The summed E-state index contributed by atoms with van der Waals surface area (Å²) in [4.78, 5) is 24.2. The van der Waals surface area contributed by atoms with Gasteiger partial charge in [-0.3, -0.25) is 4.79 Å². The molecule has 1 rings (SSSR count). The minimum atomic E-state index is -0.910. The molecule has 0 radical (unpaired) electrons. The van der Waals surface area contributed by atoms with E-state index in [2.05, 4.69) is 5.32 Å². The van der Waals surface area contributed by atoms with Crippen molar-refractivity contribution in [3.8, 4) is 0 Å². The first-order valence-corrected chi connectivity index (χ1v) is 6.41. The number of nitrogens with one attached hydrogen (secondary N) is 1. The number of amides is 2. The lowest BCUT2D eigenvalue weighted by atomic mass is 9.95. The lowest BCUT2D eigenvalue weighted by molar-refractivity contribution is -0.140. The van der Waals surface area contributed by atoms with Gasteiger partial charge in [0.25, 0.3) is 0 Å². The van der Waals surface area contributed by atoms with Crippen molar-refractivity contribution >= 4 is 12.0 Å². The Hall–Kier alpha value is -1.30. The molecule has 6 nitrogen and oxygen atoms in total. The van der Waals surface area contributed by atoms with Crippen molar-refractivity contribution in [1.82, 2.24) is 10.2 Å². The average molecular weight is 258 g/mol. The van der Waals surface area contributed by atoms with Crippen LogP contribution in [0, 0.1) is 11.8 Å². The molecule has 1 aliphatic rings. The molecule has 0 aliphatic carbocycles. The third-order valence-electron chi connectivity index (χ3n) is 3.32. The van der Waals surface area contributed by atoms with E-state index in [1.54, 1.807) is 11.8 Å². The molecule has 0 aromatic carbocycles. The molecule has 0 aromatic heterocycles. The van der Waals surface area contributed by atoms with Gasteiger partial charge >= 0.3 is 12.0 Å². The summed E-state index contributed by atoms with van der Waals surface area (Å²) in [5.41, 5.74) is 0. The summed E-state index contributed by atoms with van der Waals surface area (Å²) in [6.45, 7) is 3.21. The van der Waals surface area contributed by atoms with Crippen molar-refractivity contribution in [1.29, 1.82) is 0 Å². The number of aliphatic hydroxyl groups is 1. The van der Waals surface area contributed by atoms with Crippen molar-refractivity contribution in [2.24, 2.45) is 11.8 Å². The lowest BCUT2D eigenvalue weighted by Gasteiger charge is -2.32. The number of likely N-dealkylation sites (tertiary alicyclic amines) is 1. The van der Waals surface area contributed by atoms with E-state index in [-0.39, 0.29) is 19.2 Å². The molecule has 3 N–H and O–H groups in total. The third-order valence-corrected chi connectivity index (χ3v) is 3.32. The normalized spacial score (nSPS) is 21.4. The molecular weight excluding hydrogens is 236 g/mol. The van der Waals surface area contributed by atoms with Crippen LogP contribution in [0.1, 0.15) is 26.2 Å². The van der Waals surface area contributed by atoms with Gasteiger partial charge in [0.05, 0.1) is 5.92 Å². The molecule has 104 valence electrons. The fourth-order valence-electron chi connectivity index (χ4n) is 2.11. The van der Waals surface area contributed by atoms with Crippen molar-refractivity contribution in [2.45, 2.75) is 26.2 Å². The Balaban J connectivity index is 2.34. The maximum atomic E-state index is 11.8. The number of aliphatic carboxylic acids is 1. The first kappa shape index (κ1) is 14.8. The van der Waals surface area contributed by atoms with E-state index >= 15 is 0 Å². The third kappa shape index (κ3) is 4.52. The van der Waals surface area contributed by atoms with E-state index in [1.165, 1.54) is 0 Å². The zero-order chi connectivity index (χ0) is 13.5. The number of aliphatic hydroxyl groups excluding tert-OH is 1. The van der Waals surface area contributed by atoms with Crippen LogP contribution in [0.3, 0.4) is 0 Å². The summed E-state index contributed by atoms with van der Waals surface area (Å²) < 4.78 is 0. The van der Waals surface area contributed by atoms with Crippen LogP contribution in [0.4, 0.5) is 4.79 Å². The minimum absolute atomic E-state index is 0.148. The molecule has 18 heavy (non-hydrogen) atoms. The summed E-state index contributed by atoms with van der Waals surface area (Å²) in [5.74, 6) is -1.13. The topological polar surface area (TPSA) is 89.9 Å². The highest BCUT2D eigenvalue weighted by atomic mass is 16.4. The zero-order valence-corrected chi connectivity index (χ0v) is 10.8. The Morgan fingerprint density at radius 1 is 1.50 bits per heavy atom. The quantitative estimate of drug-likeness (QED) is 0.670. The first-order valence-electron chi connectivity index (χ1n) is 6.41. The number of hydrogen-bond acceptors (Lipinski definition) is 3. The zero-order valence-electron chi connectivity index (χ0n) is 10.8. The first-order chi connectivity index (χ1) is 8.54. The molecule has 1 heterocycles. The van der Waals surface area contributed by atoms with Crippen molar-refractivity contribution in [2.75, 3.05) is 26.2 Å². The smallest absolute Gasteiger partial charge is 0.317 e. The van der Waals surface area contributed by atoms with Crippen molar-refractivity contribution < 1.29 is 19.8 Å². The highest BCUT2D eigenvalue weighted by molar-refractivity contribution is 5.76. The van der Waals surface area contributed by atoms with E-state index in [0.717, 1.165) is 19.3 Å². The highest BCUT2D eigenvalue weighted by Gasteiger charge is 2.23. The fraction of sp³-hybridized carbons (Fsp3) is 0.833. The maximum Gasteiger partial charge on any atom is 0.317 e. The SMILES string of the molecule is CC(CNC(=O)N1CCCC(CCO)C1)C(=O)O. The number of urea groups is 1. The molecule has 1 saturated heterocycles. The molecule has 6 heteroatoms. The molecule has 1 aliphatic heterocycles. The van der Waals surface area contributed by atoms with Crippen LogP contribution in [0.25, 0.3) is 0 Å². The van der Waals surface area contributed by atoms with Gasteiger partial charge in [0, 0.05) is 26.2 Å². The standard InChI is InChI=1S/C12H22N2O4/c1-9(11(16)17)7-13-12(18)14-5-2-3-10(8-14)4-6-15/h9-10,15H,2-8H2,1H3,(H,13,18)(H,16,17). The molecule has 0 spiro atoms. The molecule has 0 bridgehead atoms. The van der Waals surface area contributed by atoms with Crippen molar-refractivity contribution in [3.63, 3.8) is 0 Å². The second-order valence-corrected chi connectivity index (χ2v) is 4.89. The fourth-order valence-corrected chi connectivity index (χ4v) is 2.11. The molecule has 0 aromatic rings. The van der Waals surface area contributed by atoms with Crippen LogP contribution in [0.5, 0.6) is 0 Å². The largest absolute Gasteiger partial charge is 0.481 e. The second-order valence-electron chi connectivity index (χ2n) is 4.89. The predicted octanol–water partition coefficient (Wildman–Crippen LogP) is 0.511. The van der Waals surface area contributed by atoms with Gasteiger partial charge in [-0.15, -0.1) is 0 Å². The Labute approximate surface area is 107 Å². The Bertz CT molecular complexity index is 294. The van der Waals surface area contributed by atoms with E-state index < -0.39 is 11.9 Å². The van der Waals surface area contributed by atoms with Crippen LogP contribution in [0.15, 0.2) is 0 Å². The van der Waals surface area contributed by atoms with Crippen LogP contribution < -0.4 is 5.32 Å². The predicted molar refractivity (Wildman–Crippen MR) is 66.2 cm³/mol. The number of piperidine rings is 1. The van der Waals surface area contributed by atoms with E-state index in [1.807, 2.05) is 0 Å². The van der Waals surface area contributed by atoms with Crippen LogP contribution >= 0.6 is 0 Å². The van der Waals surface area contributed by atoms with E-state index in [0.29, 0.717) is 19.0 Å². The number of rotatable bonds is 5. The molecule has 1 fully saturated rings. The van der Waals surface area contributed by atoms with Gasteiger partial charge in [-0.2, -0.15) is 0 Å². The van der Waals surface area contributed by atoms with Gasteiger partial charge in [-0.05, 0) is 25.2 Å². The van der Waals surface area contributed by atoms with Crippen LogP contribution in [0.2, 0.25) is 0 Å². The molecule has 2 unspecified atom stereocenters. The van der Waals surface area contributed by atoms with Gasteiger partial charge in [-0.1, -0.05) is 6.92 Å². The average Bonchev–Trinajstić information content (AvgIpc) is 2.36.